The zero-order valence-corrected chi connectivity index (χ0v) is 12.3. The highest BCUT2D eigenvalue weighted by atomic mass is 79.9. The second kappa shape index (κ2) is 4.55. The maximum atomic E-state index is 10.8. The van der Waals surface area contributed by atoms with Crippen molar-refractivity contribution < 1.29 is 9.35 Å². The number of rotatable bonds is 3. The second-order valence-corrected chi connectivity index (χ2v) is 9.78. The Balaban J connectivity index is 3.27. The Kier molecular flexibility index (Phi) is 3.74. The van der Waals surface area contributed by atoms with Crippen LogP contribution < -0.4 is 4.43 Å². The standard InChI is InChI=1S/C10H14BrNO3Si/c1-7-9(12(13)14)6-5-8(11)10(7)15-16(2,3)4/h5-6H,1-4H3. The van der Waals surface area contributed by atoms with Crippen molar-refractivity contribution in [3.63, 3.8) is 0 Å². The molecular weight excluding hydrogens is 290 g/mol. The van der Waals surface area contributed by atoms with E-state index in [1.165, 1.54) is 6.07 Å². The third-order valence-electron chi connectivity index (χ3n) is 1.93. The third kappa shape index (κ3) is 3.05. The molecule has 0 bridgehead atoms. The predicted molar refractivity (Wildman–Crippen MR) is 69.5 cm³/mol. The van der Waals surface area contributed by atoms with Gasteiger partial charge in [-0.2, -0.15) is 0 Å². The SMILES string of the molecule is Cc1c([N+](=O)[O-])ccc(Br)c1O[Si](C)(C)C. The molecule has 0 saturated carbocycles. The maximum absolute atomic E-state index is 10.8. The number of hydrogen-bond acceptors (Lipinski definition) is 3. The van der Waals surface area contributed by atoms with E-state index in [-0.39, 0.29) is 5.69 Å². The summed E-state index contributed by atoms with van der Waals surface area (Å²) in [5, 5.41) is 10.8. The number of hydrogen-bond donors (Lipinski definition) is 0. The van der Waals surface area contributed by atoms with Crippen LogP contribution in [-0.4, -0.2) is 13.2 Å². The number of halogens is 1. The van der Waals surface area contributed by atoms with Crippen LogP contribution in [0, 0.1) is 17.0 Å². The zero-order chi connectivity index (χ0) is 12.5. The first-order valence-electron chi connectivity index (χ1n) is 4.85. The molecule has 6 heteroatoms. The Morgan fingerprint density at radius 3 is 2.38 bits per heavy atom. The minimum absolute atomic E-state index is 0.0939. The van der Waals surface area contributed by atoms with Crippen LogP contribution >= 0.6 is 15.9 Å². The third-order valence-corrected chi connectivity index (χ3v) is 3.38. The van der Waals surface area contributed by atoms with E-state index in [0.29, 0.717) is 11.3 Å². The maximum Gasteiger partial charge on any atom is 0.276 e. The van der Waals surface area contributed by atoms with Gasteiger partial charge in [0.05, 0.1) is 15.0 Å². The van der Waals surface area contributed by atoms with Crippen molar-refractivity contribution in [2.75, 3.05) is 0 Å². The van der Waals surface area contributed by atoms with Gasteiger partial charge in [-0.1, -0.05) is 0 Å². The van der Waals surface area contributed by atoms with Crippen LogP contribution in [-0.2, 0) is 0 Å². The van der Waals surface area contributed by atoms with Gasteiger partial charge in [0, 0.05) is 6.07 Å². The molecule has 0 aliphatic heterocycles. The largest absolute Gasteiger partial charge is 0.543 e. The highest BCUT2D eigenvalue weighted by molar-refractivity contribution is 9.10. The Bertz CT molecular complexity index is 429. The number of nitrogens with zero attached hydrogens (tertiary/aromatic N) is 1. The average molecular weight is 304 g/mol. The molecule has 0 heterocycles. The van der Waals surface area contributed by atoms with Crippen molar-refractivity contribution >= 4 is 29.9 Å². The van der Waals surface area contributed by atoms with Gasteiger partial charge in [-0.3, -0.25) is 10.1 Å². The molecule has 1 rings (SSSR count). The van der Waals surface area contributed by atoms with Gasteiger partial charge in [0.1, 0.15) is 5.75 Å². The topological polar surface area (TPSA) is 52.4 Å². The van der Waals surface area contributed by atoms with E-state index in [4.69, 9.17) is 4.43 Å². The van der Waals surface area contributed by atoms with Crippen molar-refractivity contribution in [3.8, 4) is 5.75 Å². The number of nitro benzene ring substituents is 1. The summed E-state index contributed by atoms with van der Waals surface area (Å²) in [6.07, 6.45) is 0. The molecule has 0 spiro atoms. The van der Waals surface area contributed by atoms with Crippen molar-refractivity contribution in [1.82, 2.24) is 0 Å². The normalized spacial score (nSPS) is 11.3. The molecule has 0 aliphatic carbocycles. The lowest BCUT2D eigenvalue weighted by Crippen LogP contribution is -2.29. The van der Waals surface area contributed by atoms with E-state index in [2.05, 4.69) is 15.9 Å². The van der Waals surface area contributed by atoms with E-state index >= 15 is 0 Å². The minimum atomic E-state index is -1.77. The predicted octanol–water partition coefficient (Wildman–Crippen LogP) is 3.88. The van der Waals surface area contributed by atoms with Crippen LogP contribution in [0.4, 0.5) is 5.69 Å². The Morgan fingerprint density at radius 2 is 1.94 bits per heavy atom. The van der Waals surface area contributed by atoms with E-state index in [9.17, 15) is 10.1 Å². The summed E-state index contributed by atoms with van der Waals surface area (Å²) < 4.78 is 6.60. The number of benzene rings is 1. The molecule has 0 unspecified atom stereocenters. The molecule has 0 amide bonds. The molecule has 0 aromatic heterocycles. The van der Waals surface area contributed by atoms with Crippen molar-refractivity contribution in [1.29, 1.82) is 0 Å². The monoisotopic (exact) mass is 303 g/mol. The van der Waals surface area contributed by atoms with Gasteiger partial charge in [0.25, 0.3) is 5.69 Å². The lowest BCUT2D eigenvalue weighted by molar-refractivity contribution is -0.385. The molecule has 0 radical (unpaired) electrons. The van der Waals surface area contributed by atoms with Gasteiger partial charge in [-0.25, -0.2) is 0 Å². The lowest BCUT2D eigenvalue weighted by Gasteiger charge is -2.21. The van der Waals surface area contributed by atoms with Gasteiger partial charge in [0.15, 0.2) is 0 Å². The summed E-state index contributed by atoms with van der Waals surface area (Å²) in [5.41, 5.74) is 0.665. The Hall–Kier alpha value is -0.883. The summed E-state index contributed by atoms with van der Waals surface area (Å²) in [4.78, 5) is 10.4. The second-order valence-electron chi connectivity index (χ2n) is 4.49. The molecule has 1 aromatic carbocycles. The summed E-state index contributed by atoms with van der Waals surface area (Å²) in [5.74, 6) is 0.591. The van der Waals surface area contributed by atoms with Crippen molar-refractivity contribution in [3.05, 3.63) is 32.3 Å². The van der Waals surface area contributed by atoms with Crippen LogP contribution in [0.3, 0.4) is 0 Å². The van der Waals surface area contributed by atoms with E-state index < -0.39 is 13.2 Å². The molecule has 4 nitrogen and oxygen atoms in total. The van der Waals surface area contributed by atoms with Gasteiger partial charge in [0.2, 0.25) is 8.32 Å². The molecule has 0 fully saturated rings. The first-order valence-corrected chi connectivity index (χ1v) is 9.05. The van der Waals surface area contributed by atoms with Crippen LogP contribution in [0.25, 0.3) is 0 Å². The molecule has 0 N–H and O–H groups in total. The molecule has 1 aromatic rings. The van der Waals surface area contributed by atoms with Gasteiger partial charge < -0.3 is 4.43 Å². The van der Waals surface area contributed by atoms with E-state index in [1.807, 2.05) is 19.6 Å². The highest BCUT2D eigenvalue weighted by Gasteiger charge is 2.23. The molecule has 0 saturated heterocycles. The van der Waals surface area contributed by atoms with Crippen LogP contribution in [0.2, 0.25) is 19.6 Å². The van der Waals surface area contributed by atoms with Crippen LogP contribution in [0.5, 0.6) is 5.75 Å². The van der Waals surface area contributed by atoms with Crippen molar-refractivity contribution in [2.24, 2.45) is 0 Å². The summed E-state index contributed by atoms with van der Waals surface area (Å²) in [6, 6.07) is 3.14. The smallest absolute Gasteiger partial charge is 0.276 e. The molecule has 0 aliphatic rings. The summed E-state index contributed by atoms with van der Waals surface area (Å²) >= 11 is 3.36. The fourth-order valence-electron chi connectivity index (χ4n) is 1.28. The number of nitro groups is 1. The molecular formula is C10H14BrNO3Si. The average Bonchev–Trinajstić information content (AvgIpc) is 2.10. The first-order chi connectivity index (χ1) is 7.22. The quantitative estimate of drug-likeness (QED) is 0.484. The fraction of sp³-hybridized carbons (Fsp3) is 0.400. The van der Waals surface area contributed by atoms with Crippen LogP contribution in [0.1, 0.15) is 5.56 Å². The van der Waals surface area contributed by atoms with E-state index in [1.54, 1.807) is 13.0 Å². The Labute approximate surface area is 104 Å². The molecule has 0 atom stereocenters. The minimum Gasteiger partial charge on any atom is -0.543 e. The Morgan fingerprint density at radius 1 is 1.38 bits per heavy atom. The zero-order valence-electron chi connectivity index (χ0n) is 9.70. The highest BCUT2D eigenvalue weighted by Crippen LogP contribution is 2.36. The van der Waals surface area contributed by atoms with Crippen molar-refractivity contribution in [2.45, 2.75) is 26.6 Å². The van der Waals surface area contributed by atoms with Gasteiger partial charge in [-0.05, 0) is 48.6 Å². The van der Waals surface area contributed by atoms with E-state index in [0.717, 1.165) is 4.47 Å². The summed E-state index contributed by atoms with van der Waals surface area (Å²) in [7, 11) is -1.77. The van der Waals surface area contributed by atoms with Crippen LogP contribution in [0.15, 0.2) is 16.6 Å². The molecule has 88 valence electrons. The van der Waals surface area contributed by atoms with Gasteiger partial charge in [-0.15, -0.1) is 0 Å². The van der Waals surface area contributed by atoms with Gasteiger partial charge >= 0.3 is 0 Å². The molecule has 16 heavy (non-hydrogen) atoms. The summed E-state index contributed by atoms with van der Waals surface area (Å²) in [6.45, 7) is 7.82. The lowest BCUT2D eigenvalue weighted by atomic mass is 10.2. The fourth-order valence-corrected chi connectivity index (χ4v) is 2.81. The first kappa shape index (κ1) is 13.2.